The fourth-order valence-corrected chi connectivity index (χ4v) is 4.06. The zero-order valence-corrected chi connectivity index (χ0v) is 19.4. The van der Waals surface area contributed by atoms with Gasteiger partial charge < -0.3 is 36.2 Å². The van der Waals surface area contributed by atoms with Crippen LogP contribution in [0, 0.1) is 0 Å². The van der Waals surface area contributed by atoms with E-state index in [-0.39, 0.29) is 36.3 Å². The molecule has 1 aromatic carbocycles. The van der Waals surface area contributed by atoms with Gasteiger partial charge in [0.15, 0.2) is 0 Å². The zero-order valence-electron chi connectivity index (χ0n) is 18.6. The summed E-state index contributed by atoms with van der Waals surface area (Å²) < 4.78 is 5.64. The van der Waals surface area contributed by atoms with Crippen LogP contribution in [-0.2, 0) is 24.0 Å². The van der Waals surface area contributed by atoms with Gasteiger partial charge in [-0.3, -0.25) is 24.0 Å². The number of nitrogens with one attached hydrogen (secondary N) is 2. The second-order valence-corrected chi connectivity index (χ2v) is 8.65. The van der Waals surface area contributed by atoms with Crippen LogP contribution in [0.5, 0.6) is 5.75 Å². The summed E-state index contributed by atoms with van der Waals surface area (Å²) in [4.78, 5) is 60.7. The minimum Gasteiger partial charge on any atom is -0.489 e. The van der Waals surface area contributed by atoms with Gasteiger partial charge in [-0.05, 0) is 25.5 Å². The second-order valence-electron chi connectivity index (χ2n) is 7.62. The highest BCUT2D eigenvalue weighted by atomic mass is 32.2. The number of nitrogens with two attached hydrogens (primary N) is 1. The van der Waals surface area contributed by atoms with E-state index in [1.807, 2.05) is 6.92 Å². The number of hydrogen-bond acceptors (Lipinski definition) is 8. The Morgan fingerprint density at radius 2 is 1.94 bits per heavy atom. The minimum atomic E-state index is -1.26. The molecule has 3 amide bonds. The standard InChI is InChI=1S/C21H28N4O8S/c1-12-9-33-16-5-3-2-4-15(16)25(12)18(27)11-34-10-14(20(30)23-8-19(28)29)24-17(26)7-6-13(22)21(31)32/h2-5,12-14H,6-11,22H2,1H3,(H,23,30)(H,24,26)(H,28,29)(H,31,32)/t12?,13-,14-/m0/s1. The van der Waals surface area contributed by atoms with E-state index in [1.165, 1.54) is 0 Å². The lowest BCUT2D eigenvalue weighted by atomic mass is 10.1. The number of hydrogen-bond donors (Lipinski definition) is 5. The van der Waals surface area contributed by atoms with Crippen LogP contribution in [0.25, 0.3) is 0 Å². The molecule has 1 aliphatic rings. The van der Waals surface area contributed by atoms with E-state index in [9.17, 15) is 24.0 Å². The van der Waals surface area contributed by atoms with Crippen molar-refractivity contribution in [3.63, 3.8) is 0 Å². The van der Waals surface area contributed by atoms with Gasteiger partial charge in [0.2, 0.25) is 17.7 Å². The number of benzene rings is 1. The van der Waals surface area contributed by atoms with Crippen LogP contribution in [0.3, 0.4) is 0 Å². The number of anilines is 1. The topological polar surface area (TPSA) is 188 Å². The molecule has 0 aliphatic carbocycles. The van der Waals surface area contributed by atoms with Gasteiger partial charge in [-0.15, -0.1) is 11.8 Å². The molecule has 12 nitrogen and oxygen atoms in total. The first-order chi connectivity index (χ1) is 16.1. The molecule has 1 heterocycles. The third-order valence-corrected chi connectivity index (χ3v) is 5.91. The molecule has 0 saturated carbocycles. The number of rotatable bonds is 12. The molecular formula is C21H28N4O8S. The summed E-state index contributed by atoms with van der Waals surface area (Å²) in [5.74, 6) is -3.48. The van der Waals surface area contributed by atoms with E-state index in [4.69, 9.17) is 20.7 Å². The number of carbonyl (C=O) groups excluding carboxylic acids is 3. The summed E-state index contributed by atoms with van der Waals surface area (Å²) in [5.41, 5.74) is 6.03. The molecule has 1 aliphatic heterocycles. The van der Waals surface area contributed by atoms with Crippen molar-refractivity contribution >= 4 is 47.1 Å². The Labute approximate surface area is 200 Å². The Bertz CT molecular complexity index is 928. The Balaban J connectivity index is 1.97. The average Bonchev–Trinajstić information content (AvgIpc) is 2.79. The fraction of sp³-hybridized carbons (Fsp3) is 0.476. The van der Waals surface area contributed by atoms with Gasteiger partial charge >= 0.3 is 11.9 Å². The molecule has 0 aromatic heterocycles. The number of fused-ring (bicyclic) bond motifs is 1. The van der Waals surface area contributed by atoms with Crippen LogP contribution < -0.4 is 26.0 Å². The molecule has 186 valence electrons. The third kappa shape index (κ3) is 7.92. The Hall–Kier alpha value is -3.32. The Morgan fingerprint density at radius 1 is 1.24 bits per heavy atom. The SMILES string of the molecule is CC1COc2ccccc2N1C(=O)CSC[C@H](NC(=O)CC[C@H](N)C(=O)O)C(=O)NCC(=O)O. The summed E-state index contributed by atoms with van der Waals surface area (Å²) in [6, 6.07) is 4.59. The summed E-state index contributed by atoms with van der Waals surface area (Å²) in [6.07, 6.45) is -0.369. The number of carbonyl (C=O) groups is 5. The molecule has 0 saturated heterocycles. The number of carboxylic acid groups (broad SMARTS) is 2. The van der Waals surface area contributed by atoms with Crippen molar-refractivity contribution in [1.82, 2.24) is 10.6 Å². The van der Waals surface area contributed by atoms with Crippen LogP contribution in [0.4, 0.5) is 5.69 Å². The molecule has 0 spiro atoms. The summed E-state index contributed by atoms with van der Waals surface area (Å²) in [6.45, 7) is 1.55. The quantitative estimate of drug-likeness (QED) is 0.250. The van der Waals surface area contributed by atoms with Crippen LogP contribution in [-0.4, -0.2) is 82.7 Å². The van der Waals surface area contributed by atoms with Gasteiger partial charge in [0.05, 0.1) is 17.5 Å². The molecule has 1 aromatic rings. The molecule has 3 atom stereocenters. The highest BCUT2D eigenvalue weighted by Gasteiger charge is 2.30. The molecule has 2 rings (SSSR count). The molecule has 0 fully saturated rings. The number of nitrogens with zero attached hydrogens (tertiary/aromatic N) is 1. The van der Waals surface area contributed by atoms with E-state index in [0.717, 1.165) is 11.8 Å². The number of aliphatic carboxylic acids is 2. The van der Waals surface area contributed by atoms with Crippen LogP contribution in [0.2, 0.25) is 0 Å². The van der Waals surface area contributed by atoms with Crippen LogP contribution >= 0.6 is 11.8 Å². The van der Waals surface area contributed by atoms with Crippen molar-refractivity contribution in [3.8, 4) is 5.75 Å². The van der Waals surface area contributed by atoms with Gasteiger partial charge in [0.25, 0.3) is 0 Å². The molecule has 6 N–H and O–H groups in total. The molecule has 1 unspecified atom stereocenters. The van der Waals surface area contributed by atoms with Crippen molar-refractivity contribution in [2.45, 2.75) is 37.9 Å². The third-order valence-electron chi connectivity index (χ3n) is 4.89. The summed E-state index contributed by atoms with van der Waals surface area (Å²) in [5, 5.41) is 22.3. The molecule has 0 radical (unpaired) electrons. The Morgan fingerprint density at radius 3 is 2.62 bits per heavy atom. The minimum absolute atomic E-state index is 0.00113. The first-order valence-electron chi connectivity index (χ1n) is 10.5. The van der Waals surface area contributed by atoms with Crippen molar-refractivity contribution in [1.29, 1.82) is 0 Å². The highest BCUT2D eigenvalue weighted by molar-refractivity contribution is 8.00. The number of carboxylic acids is 2. The molecule has 0 bridgehead atoms. The van der Waals surface area contributed by atoms with Crippen LogP contribution in [0.15, 0.2) is 24.3 Å². The van der Waals surface area contributed by atoms with Crippen LogP contribution in [0.1, 0.15) is 19.8 Å². The summed E-state index contributed by atoms with van der Waals surface area (Å²) >= 11 is 1.10. The normalized spacial score (nSPS) is 16.4. The predicted molar refractivity (Wildman–Crippen MR) is 124 cm³/mol. The van der Waals surface area contributed by atoms with Gasteiger partial charge in [0, 0.05) is 12.2 Å². The maximum Gasteiger partial charge on any atom is 0.322 e. The van der Waals surface area contributed by atoms with E-state index in [0.29, 0.717) is 18.0 Å². The second kappa shape index (κ2) is 12.8. The highest BCUT2D eigenvalue weighted by Crippen LogP contribution is 2.33. The van der Waals surface area contributed by atoms with Crippen molar-refractivity contribution in [2.75, 3.05) is 29.6 Å². The van der Waals surface area contributed by atoms with Crippen molar-refractivity contribution in [3.05, 3.63) is 24.3 Å². The van der Waals surface area contributed by atoms with Crippen molar-refractivity contribution < 1.29 is 38.9 Å². The maximum absolute atomic E-state index is 12.9. The Kier molecular flexibility index (Phi) is 10.1. The van der Waals surface area contributed by atoms with E-state index < -0.39 is 42.4 Å². The number of ether oxygens (including phenoxy) is 1. The monoisotopic (exact) mass is 496 g/mol. The largest absolute Gasteiger partial charge is 0.489 e. The lowest BCUT2D eigenvalue weighted by Gasteiger charge is -2.35. The van der Waals surface area contributed by atoms with Gasteiger partial charge in [-0.1, -0.05) is 12.1 Å². The first kappa shape index (κ1) is 26.9. The maximum atomic E-state index is 12.9. The molecular weight excluding hydrogens is 468 g/mol. The first-order valence-corrected chi connectivity index (χ1v) is 11.6. The lowest BCUT2D eigenvalue weighted by Crippen LogP contribution is -2.50. The summed E-state index contributed by atoms with van der Waals surface area (Å²) in [7, 11) is 0. The van der Waals surface area contributed by atoms with Crippen molar-refractivity contribution in [2.24, 2.45) is 5.73 Å². The fourth-order valence-electron chi connectivity index (χ4n) is 3.16. The number of thioether (sulfide) groups is 1. The lowest BCUT2D eigenvalue weighted by molar-refractivity contribution is -0.139. The smallest absolute Gasteiger partial charge is 0.322 e. The molecule has 34 heavy (non-hydrogen) atoms. The van der Waals surface area contributed by atoms with Gasteiger partial charge in [-0.25, -0.2) is 0 Å². The van der Waals surface area contributed by atoms with Gasteiger partial charge in [0.1, 0.15) is 31.0 Å². The van der Waals surface area contributed by atoms with Gasteiger partial charge in [-0.2, -0.15) is 0 Å². The average molecular weight is 497 g/mol. The van der Waals surface area contributed by atoms with E-state index >= 15 is 0 Å². The number of amides is 3. The number of para-hydroxylation sites is 2. The molecule has 13 heteroatoms. The predicted octanol–water partition coefficient (Wildman–Crippen LogP) is -0.589. The van der Waals surface area contributed by atoms with E-state index in [2.05, 4.69) is 10.6 Å². The zero-order chi connectivity index (χ0) is 25.3. The van der Waals surface area contributed by atoms with E-state index in [1.54, 1.807) is 29.2 Å².